The predicted octanol–water partition coefficient (Wildman–Crippen LogP) is 1.43. The van der Waals surface area contributed by atoms with Crippen LogP contribution in [0, 0.1) is 0 Å². The van der Waals surface area contributed by atoms with Gasteiger partial charge in [0.25, 0.3) is 5.78 Å². The largest absolute Gasteiger partial charge is 0.456 e. The lowest BCUT2D eigenvalue weighted by Gasteiger charge is -2.19. The number of hydrogen-bond acceptors (Lipinski definition) is 4. The van der Waals surface area contributed by atoms with E-state index in [0.717, 1.165) is 36.6 Å². The maximum atomic E-state index is 12.2. The van der Waals surface area contributed by atoms with Crippen LogP contribution in [0.3, 0.4) is 0 Å². The molecule has 0 spiro atoms. The lowest BCUT2D eigenvalue weighted by atomic mass is 10.2. The van der Waals surface area contributed by atoms with Gasteiger partial charge >= 0.3 is 6.18 Å². The molecule has 0 atom stereocenters. The van der Waals surface area contributed by atoms with Gasteiger partial charge in [0.15, 0.2) is 5.69 Å². The van der Waals surface area contributed by atoms with Crippen LogP contribution in [0.5, 0.6) is 0 Å². The standard InChI is InChI=1S/C12H15F3N4O2/c13-12(14,15)11(21)9-7-19(17-16-9)8-10(20)18-5-3-1-2-4-6-18/h7H,1-6,8H2. The van der Waals surface area contributed by atoms with Crippen molar-refractivity contribution < 1.29 is 22.8 Å². The summed E-state index contributed by atoms with van der Waals surface area (Å²) in [4.78, 5) is 24.7. The highest BCUT2D eigenvalue weighted by Gasteiger charge is 2.41. The summed E-state index contributed by atoms with van der Waals surface area (Å²) >= 11 is 0. The van der Waals surface area contributed by atoms with E-state index in [2.05, 4.69) is 10.3 Å². The van der Waals surface area contributed by atoms with Gasteiger partial charge in [-0.05, 0) is 12.8 Å². The molecular formula is C12H15F3N4O2. The highest BCUT2D eigenvalue weighted by atomic mass is 19.4. The van der Waals surface area contributed by atoms with Gasteiger partial charge in [-0.25, -0.2) is 4.68 Å². The molecule has 0 unspecified atom stereocenters. The summed E-state index contributed by atoms with van der Waals surface area (Å²) in [5.74, 6) is -2.29. The Morgan fingerprint density at radius 2 is 1.76 bits per heavy atom. The van der Waals surface area contributed by atoms with Crippen LogP contribution in [0.1, 0.15) is 36.2 Å². The first-order valence-corrected chi connectivity index (χ1v) is 6.67. The van der Waals surface area contributed by atoms with Gasteiger partial charge in [0.05, 0.1) is 6.20 Å². The van der Waals surface area contributed by atoms with Crippen molar-refractivity contribution in [2.24, 2.45) is 0 Å². The van der Waals surface area contributed by atoms with Crippen LogP contribution in [0.15, 0.2) is 6.20 Å². The number of carbonyl (C=O) groups is 2. The number of Topliss-reactive ketones (excluding diaryl/α,β-unsaturated/α-hetero) is 1. The van der Waals surface area contributed by atoms with E-state index in [1.54, 1.807) is 4.90 Å². The van der Waals surface area contributed by atoms with Gasteiger partial charge in [-0.1, -0.05) is 18.1 Å². The maximum Gasteiger partial charge on any atom is 0.456 e. The van der Waals surface area contributed by atoms with Gasteiger partial charge in [-0.3, -0.25) is 9.59 Å². The van der Waals surface area contributed by atoms with Crippen molar-refractivity contribution in [2.45, 2.75) is 38.4 Å². The molecule has 0 N–H and O–H groups in total. The number of hydrogen-bond donors (Lipinski definition) is 0. The van der Waals surface area contributed by atoms with E-state index >= 15 is 0 Å². The molecule has 1 saturated heterocycles. The number of alkyl halides is 3. The third kappa shape index (κ3) is 4.02. The Hall–Kier alpha value is -1.93. The minimum Gasteiger partial charge on any atom is -0.341 e. The second kappa shape index (κ2) is 6.23. The molecule has 0 bridgehead atoms. The van der Waals surface area contributed by atoms with Crippen molar-refractivity contribution in [3.63, 3.8) is 0 Å². The monoisotopic (exact) mass is 304 g/mol. The number of nitrogens with zero attached hydrogens (tertiary/aromatic N) is 4. The minimum atomic E-state index is -4.99. The van der Waals surface area contributed by atoms with Crippen LogP contribution in [-0.2, 0) is 11.3 Å². The normalized spacial score (nSPS) is 16.6. The van der Waals surface area contributed by atoms with Crippen LogP contribution in [0.25, 0.3) is 0 Å². The summed E-state index contributed by atoms with van der Waals surface area (Å²) in [5.41, 5.74) is -0.800. The van der Waals surface area contributed by atoms with E-state index in [1.807, 2.05) is 0 Å². The topological polar surface area (TPSA) is 68.1 Å². The zero-order chi connectivity index (χ0) is 15.5. The third-order valence-corrected chi connectivity index (χ3v) is 3.28. The van der Waals surface area contributed by atoms with Gasteiger partial charge in [0.2, 0.25) is 5.91 Å². The average Bonchev–Trinajstić information content (AvgIpc) is 2.70. The van der Waals surface area contributed by atoms with Crippen molar-refractivity contribution >= 4 is 11.7 Å². The summed E-state index contributed by atoms with van der Waals surface area (Å²) in [7, 11) is 0. The first kappa shape index (κ1) is 15.5. The molecule has 1 aliphatic rings. The second-order valence-electron chi connectivity index (χ2n) is 4.92. The van der Waals surface area contributed by atoms with E-state index in [9.17, 15) is 22.8 Å². The number of amides is 1. The molecule has 2 rings (SSSR count). The Bertz CT molecular complexity index is 519. The molecule has 1 aromatic rings. The van der Waals surface area contributed by atoms with E-state index in [0.29, 0.717) is 13.1 Å². The smallest absolute Gasteiger partial charge is 0.341 e. The second-order valence-corrected chi connectivity index (χ2v) is 4.92. The van der Waals surface area contributed by atoms with Crippen LogP contribution in [0.4, 0.5) is 13.2 Å². The summed E-state index contributed by atoms with van der Waals surface area (Å²) in [6, 6.07) is 0. The number of ketones is 1. The Morgan fingerprint density at radius 3 is 2.33 bits per heavy atom. The van der Waals surface area contributed by atoms with Crippen molar-refractivity contribution in [3.05, 3.63) is 11.9 Å². The molecule has 1 fully saturated rings. The molecule has 1 amide bonds. The molecule has 6 nitrogen and oxygen atoms in total. The molecular weight excluding hydrogens is 289 g/mol. The maximum absolute atomic E-state index is 12.2. The van der Waals surface area contributed by atoms with E-state index in [1.165, 1.54) is 0 Å². The summed E-state index contributed by atoms with van der Waals surface area (Å²) in [6.07, 6.45) is -0.169. The fourth-order valence-electron chi connectivity index (χ4n) is 2.18. The molecule has 116 valence electrons. The Balaban J connectivity index is 1.98. The molecule has 0 aliphatic carbocycles. The molecule has 0 saturated carbocycles. The number of carbonyl (C=O) groups excluding carboxylic acids is 2. The van der Waals surface area contributed by atoms with E-state index in [4.69, 9.17) is 0 Å². The quantitative estimate of drug-likeness (QED) is 0.792. The van der Waals surface area contributed by atoms with Gasteiger partial charge in [-0.2, -0.15) is 13.2 Å². The molecule has 9 heteroatoms. The fraction of sp³-hybridized carbons (Fsp3) is 0.667. The van der Waals surface area contributed by atoms with Crippen LogP contribution >= 0.6 is 0 Å². The van der Waals surface area contributed by atoms with E-state index in [-0.39, 0.29) is 12.5 Å². The number of rotatable bonds is 3. The minimum absolute atomic E-state index is 0.210. The number of halogens is 3. The molecule has 0 aromatic carbocycles. The highest BCUT2D eigenvalue weighted by molar-refractivity contribution is 5.98. The first-order valence-electron chi connectivity index (χ1n) is 6.67. The van der Waals surface area contributed by atoms with Crippen molar-refractivity contribution in [3.8, 4) is 0 Å². The molecule has 2 heterocycles. The lowest BCUT2D eigenvalue weighted by molar-refractivity contribution is -0.132. The third-order valence-electron chi connectivity index (χ3n) is 3.28. The Kier molecular flexibility index (Phi) is 4.59. The Labute approximate surface area is 118 Å². The van der Waals surface area contributed by atoms with Gasteiger partial charge in [0, 0.05) is 13.1 Å². The molecule has 21 heavy (non-hydrogen) atoms. The van der Waals surface area contributed by atoms with E-state index < -0.39 is 17.7 Å². The van der Waals surface area contributed by atoms with Crippen LogP contribution in [-0.4, -0.2) is 50.9 Å². The highest BCUT2D eigenvalue weighted by Crippen LogP contribution is 2.19. The van der Waals surface area contributed by atoms with Crippen LogP contribution in [0.2, 0.25) is 0 Å². The summed E-state index contributed by atoms with van der Waals surface area (Å²) in [6.45, 7) is 1.07. The average molecular weight is 304 g/mol. The lowest BCUT2D eigenvalue weighted by Crippen LogP contribution is -2.34. The number of aromatic nitrogens is 3. The molecule has 1 aliphatic heterocycles. The predicted molar refractivity (Wildman–Crippen MR) is 65.5 cm³/mol. The van der Waals surface area contributed by atoms with Crippen LogP contribution < -0.4 is 0 Å². The summed E-state index contributed by atoms with van der Waals surface area (Å²) < 4.78 is 37.7. The van der Waals surface area contributed by atoms with Gasteiger partial charge in [0.1, 0.15) is 6.54 Å². The summed E-state index contributed by atoms with van der Waals surface area (Å²) in [5, 5.41) is 6.58. The SMILES string of the molecule is O=C(Cn1cc(C(=O)C(F)(F)F)nn1)N1CCCCCC1. The Morgan fingerprint density at radius 1 is 1.14 bits per heavy atom. The molecule has 0 radical (unpaired) electrons. The molecule has 1 aromatic heterocycles. The van der Waals surface area contributed by atoms with Gasteiger partial charge in [-0.15, -0.1) is 5.10 Å². The van der Waals surface area contributed by atoms with Gasteiger partial charge < -0.3 is 4.90 Å². The fourth-order valence-corrected chi connectivity index (χ4v) is 2.18. The number of likely N-dealkylation sites (tertiary alicyclic amines) is 1. The zero-order valence-corrected chi connectivity index (χ0v) is 11.3. The van der Waals surface area contributed by atoms with Crippen molar-refractivity contribution in [1.29, 1.82) is 0 Å². The zero-order valence-electron chi connectivity index (χ0n) is 11.3. The van der Waals surface area contributed by atoms with Crippen molar-refractivity contribution in [1.82, 2.24) is 19.9 Å². The first-order chi connectivity index (χ1) is 9.88. The van der Waals surface area contributed by atoms with Crippen molar-refractivity contribution in [2.75, 3.05) is 13.1 Å².